The molecule has 132 valence electrons. The molecule has 0 aliphatic heterocycles. The van der Waals surface area contributed by atoms with Crippen molar-refractivity contribution in [2.45, 2.75) is 6.42 Å². The zero-order chi connectivity index (χ0) is 19.1. The molecule has 0 spiro atoms. The summed E-state index contributed by atoms with van der Waals surface area (Å²) < 4.78 is 0. The second-order valence-corrected chi connectivity index (χ2v) is 5.11. The summed E-state index contributed by atoms with van der Waals surface area (Å²) in [6.45, 7) is 0. The molecule has 0 atom stereocenters. The van der Waals surface area contributed by atoms with E-state index >= 15 is 0 Å². The van der Waals surface area contributed by atoms with Crippen molar-refractivity contribution in [1.29, 1.82) is 0 Å². The summed E-state index contributed by atoms with van der Waals surface area (Å²) in [5, 5.41) is 48.5. The maximum absolute atomic E-state index is 10.4. The van der Waals surface area contributed by atoms with E-state index in [4.69, 9.17) is 10.2 Å². The van der Waals surface area contributed by atoms with E-state index in [2.05, 4.69) is 4.98 Å². The van der Waals surface area contributed by atoms with E-state index < -0.39 is 43.6 Å². The summed E-state index contributed by atoms with van der Waals surface area (Å²) in [4.78, 5) is 42.3. The van der Waals surface area contributed by atoms with Crippen LogP contribution in [0.15, 0.2) is 23.8 Å². The van der Waals surface area contributed by atoms with E-state index in [1.165, 1.54) is 11.3 Å². The molecule has 0 unspecified atom stereocenters. The maximum Gasteiger partial charge on any atom is 0.324 e. The number of aromatic hydroxyl groups is 1. The van der Waals surface area contributed by atoms with Crippen molar-refractivity contribution in [1.82, 2.24) is 4.98 Å². The van der Waals surface area contributed by atoms with Gasteiger partial charge in [-0.3, -0.25) is 40.1 Å². The van der Waals surface area contributed by atoms with E-state index in [0.29, 0.717) is 12.1 Å². The zero-order valence-corrected chi connectivity index (χ0v) is 12.8. The monoisotopic (exact) mass is 372 g/mol. The van der Waals surface area contributed by atoms with Gasteiger partial charge in [0.1, 0.15) is 0 Å². The molecule has 0 fully saturated rings. The number of hydrogen-bond acceptors (Lipinski definition) is 10. The van der Waals surface area contributed by atoms with Crippen LogP contribution >= 0.6 is 11.3 Å². The topological polar surface area (TPSA) is 200 Å². The van der Waals surface area contributed by atoms with Gasteiger partial charge >= 0.3 is 17.3 Å². The molecule has 2 N–H and O–H groups in total. The van der Waals surface area contributed by atoms with Crippen molar-refractivity contribution in [3.63, 3.8) is 0 Å². The Hall–Kier alpha value is -3.68. The molecule has 1 aromatic heterocycles. The first-order valence-electron chi connectivity index (χ1n) is 6.02. The molecule has 25 heavy (non-hydrogen) atoms. The van der Waals surface area contributed by atoms with Crippen molar-refractivity contribution >= 4 is 34.4 Å². The molecule has 0 aliphatic rings. The number of aromatic nitrogens is 1. The quantitative estimate of drug-likeness (QED) is 0.576. The van der Waals surface area contributed by atoms with E-state index in [-0.39, 0.29) is 6.42 Å². The SMILES string of the molecule is O=C(O)Cc1cncs1.O=[N+]([O-])c1cc([N+](=O)[O-])c(O)c([N+](=O)[O-])c1. The molecule has 1 heterocycles. The summed E-state index contributed by atoms with van der Waals surface area (Å²) >= 11 is 1.36. The molecular formula is C11H8N4O9S. The minimum atomic E-state index is -1.21. The van der Waals surface area contributed by atoms with Crippen molar-refractivity contribution in [3.05, 3.63) is 59.1 Å². The van der Waals surface area contributed by atoms with Crippen LogP contribution in [0.3, 0.4) is 0 Å². The van der Waals surface area contributed by atoms with E-state index in [0.717, 1.165) is 4.88 Å². The number of carboxylic acid groups (broad SMARTS) is 1. The second-order valence-electron chi connectivity index (χ2n) is 4.14. The fraction of sp³-hybridized carbons (Fsp3) is 0.0909. The highest BCUT2D eigenvalue weighted by molar-refractivity contribution is 7.09. The number of phenolic OH excluding ortho intramolecular Hbond substituents is 1. The predicted octanol–water partition coefficient (Wildman–Crippen LogP) is 1.89. The Morgan fingerprint density at radius 3 is 1.92 bits per heavy atom. The molecule has 0 saturated carbocycles. The first-order chi connectivity index (χ1) is 11.6. The third-order valence-corrected chi connectivity index (χ3v) is 3.25. The minimum Gasteiger partial charge on any atom is -0.497 e. The number of nitro groups is 3. The lowest BCUT2D eigenvalue weighted by atomic mass is 10.2. The lowest BCUT2D eigenvalue weighted by Crippen LogP contribution is -1.97. The number of nitrogens with zero attached hydrogens (tertiary/aromatic N) is 4. The molecule has 0 bridgehead atoms. The highest BCUT2D eigenvalue weighted by Gasteiger charge is 2.30. The molecule has 14 heteroatoms. The predicted molar refractivity (Wildman–Crippen MR) is 81.5 cm³/mol. The number of carbonyl (C=O) groups is 1. The third kappa shape index (κ3) is 5.47. The number of rotatable bonds is 5. The molecule has 0 radical (unpaired) electrons. The van der Waals surface area contributed by atoms with Crippen LogP contribution < -0.4 is 0 Å². The van der Waals surface area contributed by atoms with Gasteiger partial charge in [0.25, 0.3) is 11.4 Å². The number of benzene rings is 1. The number of thiazole rings is 1. The molecule has 2 aromatic rings. The van der Waals surface area contributed by atoms with Crippen LogP contribution in [0.2, 0.25) is 0 Å². The Morgan fingerprint density at radius 1 is 1.08 bits per heavy atom. The van der Waals surface area contributed by atoms with Gasteiger partial charge in [0, 0.05) is 11.1 Å². The van der Waals surface area contributed by atoms with Crippen LogP contribution in [0, 0.1) is 30.3 Å². The summed E-state index contributed by atoms with van der Waals surface area (Å²) in [5.74, 6) is -2.01. The lowest BCUT2D eigenvalue weighted by Gasteiger charge is -1.97. The van der Waals surface area contributed by atoms with E-state index in [9.17, 15) is 35.1 Å². The van der Waals surface area contributed by atoms with Crippen LogP contribution in [-0.4, -0.2) is 35.9 Å². The molecule has 13 nitrogen and oxygen atoms in total. The fourth-order valence-electron chi connectivity index (χ4n) is 1.45. The molecular weight excluding hydrogens is 364 g/mol. The van der Waals surface area contributed by atoms with E-state index in [1.54, 1.807) is 11.7 Å². The van der Waals surface area contributed by atoms with Gasteiger partial charge in [-0.2, -0.15) is 0 Å². The Balaban J connectivity index is 0.000000293. The average Bonchev–Trinajstić information content (AvgIpc) is 2.99. The average molecular weight is 372 g/mol. The largest absolute Gasteiger partial charge is 0.497 e. The molecule has 0 aliphatic carbocycles. The smallest absolute Gasteiger partial charge is 0.324 e. The lowest BCUT2D eigenvalue weighted by molar-refractivity contribution is -0.404. The summed E-state index contributed by atoms with van der Waals surface area (Å²) in [7, 11) is 0. The summed E-state index contributed by atoms with van der Waals surface area (Å²) in [6.07, 6.45) is 1.66. The highest BCUT2D eigenvalue weighted by atomic mass is 32.1. The van der Waals surface area contributed by atoms with Gasteiger partial charge in [-0.15, -0.1) is 11.3 Å². The first-order valence-corrected chi connectivity index (χ1v) is 6.90. The second kappa shape index (κ2) is 8.25. The Labute approximate surface area is 141 Å². The van der Waals surface area contributed by atoms with Crippen molar-refractivity contribution in [2.75, 3.05) is 0 Å². The molecule has 1 aromatic carbocycles. The van der Waals surface area contributed by atoms with Gasteiger partial charge < -0.3 is 10.2 Å². The van der Waals surface area contributed by atoms with Crippen molar-refractivity contribution in [3.8, 4) is 5.75 Å². The molecule has 0 amide bonds. The van der Waals surface area contributed by atoms with Gasteiger partial charge in [0.2, 0.25) is 0 Å². The summed E-state index contributed by atoms with van der Waals surface area (Å²) in [5.41, 5.74) is -1.38. The van der Waals surface area contributed by atoms with Crippen molar-refractivity contribution in [2.24, 2.45) is 0 Å². The van der Waals surface area contributed by atoms with Gasteiger partial charge in [-0.05, 0) is 0 Å². The molecule has 2 rings (SSSR count). The van der Waals surface area contributed by atoms with Gasteiger partial charge in [0.15, 0.2) is 0 Å². The number of carboxylic acids is 1. The van der Waals surface area contributed by atoms with Crippen LogP contribution in [0.5, 0.6) is 5.75 Å². The highest BCUT2D eigenvalue weighted by Crippen LogP contribution is 2.38. The number of hydrogen-bond donors (Lipinski definition) is 2. The normalized spacial score (nSPS) is 9.60. The number of aliphatic carboxylic acids is 1. The van der Waals surface area contributed by atoms with Crippen LogP contribution in [0.1, 0.15) is 4.88 Å². The Bertz CT molecular complexity index is 786. The summed E-state index contributed by atoms with van der Waals surface area (Å²) in [6, 6.07) is 0.894. The standard InChI is InChI=1S/C6H3N3O7.C5H5NO2S/c10-6-4(8(13)14)1-3(7(11)12)2-5(6)9(15)16;7-5(8)1-4-2-6-3-9-4/h1-2,10H;2-3H,1H2,(H,7,8). The van der Waals surface area contributed by atoms with Crippen LogP contribution in [-0.2, 0) is 11.2 Å². The number of nitro benzene ring substituents is 3. The van der Waals surface area contributed by atoms with Gasteiger partial charge in [-0.1, -0.05) is 0 Å². The van der Waals surface area contributed by atoms with E-state index in [1.807, 2.05) is 0 Å². The Kier molecular flexibility index (Phi) is 6.39. The van der Waals surface area contributed by atoms with Crippen LogP contribution in [0.25, 0.3) is 0 Å². The first kappa shape index (κ1) is 19.4. The number of phenols is 1. The fourth-order valence-corrected chi connectivity index (χ4v) is 2.04. The maximum atomic E-state index is 10.4. The van der Waals surface area contributed by atoms with Gasteiger partial charge in [0.05, 0.1) is 38.8 Å². The molecule has 0 saturated heterocycles. The number of non-ortho nitro benzene ring substituents is 1. The Morgan fingerprint density at radius 2 is 1.60 bits per heavy atom. The minimum absolute atomic E-state index is 0.0880. The zero-order valence-electron chi connectivity index (χ0n) is 12.0. The van der Waals surface area contributed by atoms with Gasteiger partial charge in [-0.25, -0.2) is 0 Å². The third-order valence-electron chi connectivity index (χ3n) is 2.47. The van der Waals surface area contributed by atoms with Crippen LogP contribution in [0.4, 0.5) is 17.1 Å². The van der Waals surface area contributed by atoms with Crippen molar-refractivity contribution < 1.29 is 29.8 Å².